The second kappa shape index (κ2) is 4.57. The van der Waals surface area contributed by atoms with Gasteiger partial charge in [0, 0.05) is 13.1 Å². The quantitative estimate of drug-likeness (QED) is 0.696. The molecule has 3 N–H and O–H groups in total. The van der Waals surface area contributed by atoms with Crippen LogP contribution in [0.2, 0.25) is 0 Å². The molecule has 6 heteroatoms. The smallest absolute Gasteiger partial charge is 0.280 e. The lowest BCUT2D eigenvalue weighted by Crippen LogP contribution is -2.55. The fourth-order valence-electron chi connectivity index (χ4n) is 1.72. The molecule has 5 nitrogen and oxygen atoms in total. The highest BCUT2D eigenvalue weighted by Crippen LogP contribution is 2.21. The Morgan fingerprint density at radius 1 is 1.57 bits per heavy atom. The summed E-state index contributed by atoms with van der Waals surface area (Å²) in [6, 6.07) is 0. The lowest BCUT2D eigenvalue weighted by atomic mass is 9.99. The number of piperidine rings is 1. The summed E-state index contributed by atoms with van der Waals surface area (Å²) in [6.07, 6.45) is 1.51. The Morgan fingerprint density at radius 2 is 2.21 bits per heavy atom. The fraction of sp³-hybridized carbons (Fsp3) is 1.00. The zero-order valence-corrected chi connectivity index (χ0v) is 9.55. The van der Waals surface area contributed by atoms with Crippen LogP contribution in [0.25, 0.3) is 0 Å². The molecule has 1 aliphatic heterocycles. The molecule has 14 heavy (non-hydrogen) atoms. The summed E-state index contributed by atoms with van der Waals surface area (Å²) in [4.78, 5) is 0. The molecule has 2 unspecified atom stereocenters. The van der Waals surface area contributed by atoms with Crippen LogP contribution in [0.5, 0.6) is 0 Å². The van der Waals surface area contributed by atoms with Crippen LogP contribution in [0.1, 0.15) is 26.7 Å². The first-order chi connectivity index (χ1) is 6.49. The molecule has 0 bridgehead atoms. The molecule has 1 fully saturated rings. The van der Waals surface area contributed by atoms with Gasteiger partial charge in [-0.25, -0.2) is 4.72 Å². The molecule has 0 aliphatic carbocycles. The van der Waals surface area contributed by atoms with Crippen molar-refractivity contribution >= 4 is 10.2 Å². The van der Waals surface area contributed by atoms with E-state index in [-0.39, 0.29) is 12.1 Å². The van der Waals surface area contributed by atoms with Crippen LogP contribution in [0.4, 0.5) is 0 Å². The minimum Gasteiger partial charge on any atom is -0.315 e. The molecule has 0 aromatic heterocycles. The molecule has 0 saturated carbocycles. The number of rotatable bonds is 3. The van der Waals surface area contributed by atoms with Gasteiger partial charge in [0.15, 0.2) is 0 Å². The molecule has 0 aromatic carbocycles. The van der Waals surface area contributed by atoms with Gasteiger partial charge in [0.25, 0.3) is 10.2 Å². The number of nitrogens with one attached hydrogen (secondary N) is 1. The number of nitrogens with two attached hydrogens (primary N) is 1. The van der Waals surface area contributed by atoms with E-state index in [1.165, 1.54) is 4.31 Å². The van der Waals surface area contributed by atoms with Gasteiger partial charge in [0.1, 0.15) is 0 Å². The highest BCUT2D eigenvalue weighted by Gasteiger charge is 2.33. The Morgan fingerprint density at radius 3 is 2.79 bits per heavy atom. The van der Waals surface area contributed by atoms with Crippen LogP contribution in [0.15, 0.2) is 0 Å². The summed E-state index contributed by atoms with van der Waals surface area (Å²) < 4.78 is 27.2. The molecular formula is C8H19N3O2S. The van der Waals surface area contributed by atoms with Gasteiger partial charge >= 0.3 is 0 Å². The van der Waals surface area contributed by atoms with E-state index in [9.17, 15) is 8.42 Å². The van der Waals surface area contributed by atoms with Crippen molar-refractivity contribution in [2.45, 2.75) is 32.9 Å². The van der Waals surface area contributed by atoms with Crippen molar-refractivity contribution in [3.63, 3.8) is 0 Å². The fourth-order valence-corrected chi connectivity index (χ4v) is 3.15. The van der Waals surface area contributed by atoms with E-state index in [4.69, 9.17) is 5.73 Å². The van der Waals surface area contributed by atoms with E-state index in [0.29, 0.717) is 13.1 Å². The van der Waals surface area contributed by atoms with Gasteiger partial charge in [-0.15, -0.1) is 0 Å². The molecule has 2 atom stereocenters. The van der Waals surface area contributed by atoms with Gasteiger partial charge < -0.3 is 5.73 Å². The molecule has 0 aromatic rings. The third kappa shape index (κ3) is 2.44. The first-order valence-corrected chi connectivity index (χ1v) is 6.45. The van der Waals surface area contributed by atoms with Crippen molar-refractivity contribution in [3.05, 3.63) is 0 Å². The Hall–Kier alpha value is -0.170. The van der Waals surface area contributed by atoms with Crippen LogP contribution in [0, 0.1) is 5.92 Å². The van der Waals surface area contributed by atoms with E-state index >= 15 is 0 Å². The largest absolute Gasteiger partial charge is 0.315 e. The van der Waals surface area contributed by atoms with Crippen molar-refractivity contribution in [2.75, 3.05) is 13.1 Å². The molecular weight excluding hydrogens is 202 g/mol. The van der Waals surface area contributed by atoms with Crippen LogP contribution in [-0.4, -0.2) is 32.0 Å². The third-order valence-electron chi connectivity index (χ3n) is 2.59. The maximum absolute atomic E-state index is 11.7. The normalized spacial score (nSPS) is 30.5. The first kappa shape index (κ1) is 11.9. The van der Waals surface area contributed by atoms with Gasteiger partial charge in [-0.1, -0.05) is 13.8 Å². The maximum atomic E-state index is 11.7. The summed E-state index contributed by atoms with van der Waals surface area (Å²) >= 11 is 0. The highest BCUT2D eigenvalue weighted by molar-refractivity contribution is 7.87. The number of hydrogen-bond donors (Lipinski definition) is 2. The Bertz CT molecular complexity index is 278. The molecule has 1 heterocycles. The Labute approximate surface area is 85.8 Å². The van der Waals surface area contributed by atoms with Gasteiger partial charge in [-0.05, 0) is 18.8 Å². The topological polar surface area (TPSA) is 75.4 Å². The van der Waals surface area contributed by atoms with Crippen molar-refractivity contribution in [1.29, 1.82) is 0 Å². The zero-order chi connectivity index (χ0) is 10.8. The van der Waals surface area contributed by atoms with E-state index in [1.54, 1.807) is 6.92 Å². The van der Waals surface area contributed by atoms with E-state index in [0.717, 1.165) is 12.8 Å². The lowest BCUT2D eigenvalue weighted by Gasteiger charge is -2.36. The lowest BCUT2D eigenvalue weighted by molar-refractivity contribution is 0.190. The maximum Gasteiger partial charge on any atom is 0.280 e. The SMILES string of the molecule is CCNS(=O)(=O)N1CCCC(C)C1N. The number of hydrogen-bond acceptors (Lipinski definition) is 3. The number of nitrogens with zero attached hydrogens (tertiary/aromatic N) is 1. The van der Waals surface area contributed by atoms with Gasteiger partial charge in [-0.3, -0.25) is 0 Å². The molecule has 1 rings (SSSR count). The average molecular weight is 221 g/mol. The summed E-state index contributed by atoms with van der Waals surface area (Å²) in [7, 11) is -3.36. The molecule has 0 spiro atoms. The summed E-state index contributed by atoms with van der Waals surface area (Å²) in [5, 5.41) is 0. The average Bonchev–Trinajstić information content (AvgIpc) is 2.09. The summed E-state index contributed by atoms with van der Waals surface area (Å²) in [5.74, 6) is 0.234. The molecule has 0 amide bonds. The monoisotopic (exact) mass is 221 g/mol. The standard InChI is InChI=1S/C8H19N3O2S/c1-3-10-14(12,13)11-6-4-5-7(2)8(11)9/h7-8,10H,3-6,9H2,1-2H3. The highest BCUT2D eigenvalue weighted by atomic mass is 32.2. The molecule has 0 radical (unpaired) electrons. The van der Waals surface area contributed by atoms with Gasteiger partial charge in [0.2, 0.25) is 0 Å². The third-order valence-corrected chi connectivity index (χ3v) is 4.29. The van der Waals surface area contributed by atoms with Crippen molar-refractivity contribution < 1.29 is 8.42 Å². The summed E-state index contributed by atoms with van der Waals surface area (Å²) in [5.41, 5.74) is 5.85. The van der Waals surface area contributed by atoms with Crippen molar-refractivity contribution in [3.8, 4) is 0 Å². The second-order valence-electron chi connectivity index (χ2n) is 3.72. The first-order valence-electron chi connectivity index (χ1n) is 5.01. The van der Waals surface area contributed by atoms with Crippen LogP contribution >= 0.6 is 0 Å². The van der Waals surface area contributed by atoms with Crippen LogP contribution in [0.3, 0.4) is 0 Å². The Balaban J connectivity index is 2.76. The van der Waals surface area contributed by atoms with Crippen LogP contribution in [-0.2, 0) is 10.2 Å². The van der Waals surface area contributed by atoms with E-state index in [2.05, 4.69) is 4.72 Å². The Kier molecular flexibility index (Phi) is 3.88. The van der Waals surface area contributed by atoms with Crippen molar-refractivity contribution in [1.82, 2.24) is 9.03 Å². The van der Waals surface area contributed by atoms with Crippen LogP contribution < -0.4 is 10.5 Å². The van der Waals surface area contributed by atoms with Gasteiger partial charge in [-0.2, -0.15) is 12.7 Å². The van der Waals surface area contributed by atoms with Gasteiger partial charge in [0.05, 0.1) is 6.17 Å². The van der Waals surface area contributed by atoms with Crippen molar-refractivity contribution in [2.24, 2.45) is 11.7 Å². The van der Waals surface area contributed by atoms with E-state index < -0.39 is 10.2 Å². The second-order valence-corrected chi connectivity index (χ2v) is 5.43. The minimum atomic E-state index is -3.36. The zero-order valence-electron chi connectivity index (χ0n) is 8.73. The summed E-state index contributed by atoms with van der Waals surface area (Å²) in [6.45, 7) is 4.68. The predicted molar refractivity (Wildman–Crippen MR) is 55.7 cm³/mol. The predicted octanol–water partition coefficient (Wildman–Crippen LogP) is -0.143. The van der Waals surface area contributed by atoms with E-state index in [1.807, 2.05) is 6.92 Å². The molecule has 84 valence electrons. The molecule has 1 saturated heterocycles. The minimum absolute atomic E-state index is 0.234. The molecule has 1 aliphatic rings.